The molecule has 0 radical (unpaired) electrons. The van der Waals surface area contributed by atoms with Crippen LogP contribution in [0.15, 0.2) is 53.5 Å². The molecule has 1 aliphatic carbocycles. The quantitative estimate of drug-likeness (QED) is 0.671. The molecule has 3 aromatic rings. The number of benzene rings is 2. The maximum absolute atomic E-state index is 6.12. The average molecular weight is 303 g/mol. The molecular formula is C18H17N5. The Morgan fingerprint density at radius 1 is 1.09 bits per heavy atom. The first-order valence-corrected chi connectivity index (χ1v) is 7.97. The first-order valence-electron chi connectivity index (χ1n) is 7.97. The van der Waals surface area contributed by atoms with E-state index in [0.717, 1.165) is 36.2 Å². The van der Waals surface area contributed by atoms with Gasteiger partial charge in [0.05, 0.1) is 11.0 Å². The number of nitrogens with zero attached hydrogens (tertiary/aromatic N) is 3. The number of aromatic nitrogens is 2. The van der Waals surface area contributed by atoms with Gasteiger partial charge in [-0.15, -0.1) is 0 Å². The van der Waals surface area contributed by atoms with Gasteiger partial charge in [0.2, 0.25) is 5.95 Å². The van der Waals surface area contributed by atoms with Gasteiger partial charge in [0.1, 0.15) is 0 Å². The first kappa shape index (κ1) is 12.7. The van der Waals surface area contributed by atoms with Gasteiger partial charge in [-0.2, -0.15) is 0 Å². The molecule has 0 saturated heterocycles. The highest BCUT2D eigenvalue weighted by molar-refractivity contribution is 5.95. The van der Waals surface area contributed by atoms with Crippen molar-refractivity contribution in [3.05, 3.63) is 59.7 Å². The van der Waals surface area contributed by atoms with Crippen molar-refractivity contribution in [2.45, 2.75) is 24.9 Å². The van der Waals surface area contributed by atoms with Gasteiger partial charge in [0.15, 0.2) is 11.6 Å². The molecule has 1 aromatic heterocycles. The minimum atomic E-state index is -0.490. The number of para-hydroxylation sites is 2. The second-order valence-electron chi connectivity index (χ2n) is 6.21. The third kappa shape index (κ3) is 1.62. The van der Waals surface area contributed by atoms with E-state index in [2.05, 4.69) is 40.2 Å². The molecule has 2 aromatic carbocycles. The van der Waals surface area contributed by atoms with Gasteiger partial charge in [0, 0.05) is 5.56 Å². The Morgan fingerprint density at radius 2 is 1.91 bits per heavy atom. The summed E-state index contributed by atoms with van der Waals surface area (Å²) in [7, 11) is 0. The summed E-state index contributed by atoms with van der Waals surface area (Å²) in [6.45, 7) is 0. The van der Waals surface area contributed by atoms with Gasteiger partial charge < -0.3 is 5.73 Å². The minimum absolute atomic E-state index is 0.435. The molecule has 2 heterocycles. The zero-order valence-corrected chi connectivity index (χ0v) is 12.7. The molecule has 1 spiro atoms. The fourth-order valence-electron chi connectivity index (χ4n) is 4.01. The summed E-state index contributed by atoms with van der Waals surface area (Å²) in [5, 5.41) is 3.13. The van der Waals surface area contributed by atoms with E-state index in [9.17, 15) is 0 Å². The molecule has 2 aliphatic rings. The van der Waals surface area contributed by atoms with Crippen molar-refractivity contribution in [1.29, 1.82) is 0 Å². The summed E-state index contributed by atoms with van der Waals surface area (Å²) in [4.78, 5) is 9.60. The minimum Gasteiger partial charge on any atom is -0.370 e. The van der Waals surface area contributed by atoms with Crippen molar-refractivity contribution in [2.24, 2.45) is 10.7 Å². The van der Waals surface area contributed by atoms with Crippen LogP contribution in [0.3, 0.4) is 0 Å². The van der Waals surface area contributed by atoms with Crippen LogP contribution >= 0.6 is 0 Å². The summed E-state index contributed by atoms with van der Waals surface area (Å²) in [6.07, 6.45) is 3.10. The normalized spacial score (nSPS) is 22.3. The molecule has 1 unspecified atom stereocenters. The second kappa shape index (κ2) is 4.35. The summed E-state index contributed by atoms with van der Waals surface area (Å²) in [5.41, 5.74) is 10.3. The van der Waals surface area contributed by atoms with Gasteiger partial charge in [0.25, 0.3) is 0 Å². The molecule has 0 bridgehead atoms. The molecule has 5 heteroatoms. The van der Waals surface area contributed by atoms with Crippen LogP contribution in [0.1, 0.15) is 24.0 Å². The smallest absolute Gasteiger partial charge is 0.213 e. The number of fused-ring (bicyclic) bond motifs is 6. The third-order valence-electron chi connectivity index (χ3n) is 4.90. The molecule has 0 amide bonds. The maximum atomic E-state index is 6.12. The molecule has 3 N–H and O–H groups in total. The Morgan fingerprint density at radius 3 is 2.87 bits per heavy atom. The van der Waals surface area contributed by atoms with Crippen LogP contribution in [0.4, 0.5) is 5.95 Å². The lowest BCUT2D eigenvalue weighted by molar-refractivity contribution is 0.323. The van der Waals surface area contributed by atoms with Crippen molar-refractivity contribution in [3.8, 4) is 0 Å². The van der Waals surface area contributed by atoms with Crippen LogP contribution in [0, 0.1) is 0 Å². The van der Waals surface area contributed by atoms with E-state index < -0.39 is 5.66 Å². The van der Waals surface area contributed by atoms with Crippen LogP contribution < -0.4 is 11.1 Å². The molecule has 23 heavy (non-hydrogen) atoms. The lowest BCUT2D eigenvalue weighted by Gasteiger charge is -2.40. The summed E-state index contributed by atoms with van der Waals surface area (Å²) in [6, 6.07) is 16.7. The summed E-state index contributed by atoms with van der Waals surface area (Å²) < 4.78 is 2.22. The van der Waals surface area contributed by atoms with Gasteiger partial charge in [-0.25, -0.2) is 9.98 Å². The lowest BCUT2D eigenvalue weighted by Crippen LogP contribution is -2.44. The molecule has 1 aliphatic heterocycles. The largest absolute Gasteiger partial charge is 0.370 e. The fourth-order valence-corrected chi connectivity index (χ4v) is 4.01. The number of imidazole rings is 1. The van der Waals surface area contributed by atoms with Crippen LogP contribution in [-0.4, -0.2) is 15.5 Å². The maximum Gasteiger partial charge on any atom is 0.213 e. The van der Waals surface area contributed by atoms with E-state index in [0.29, 0.717) is 5.96 Å². The van der Waals surface area contributed by atoms with Crippen LogP contribution in [0.25, 0.3) is 11.0 Å². The number of rotatable bonds is 0. The molecule has 1 atom stereocenters. The SMILES string of the molecule is NC1=NC2(CCCc3ccccc32)n2c(nc3ccccc32)N1. The number of hydrogen-bond donors (Lipinski definition) is 2. The number of nitrogens with two attached hydrogens (primary N) is 1. The van der Waals surface area contributed by atoms with Crippen molar-refractivity contribution in [3.63, 3.8) is 0 Å². The highest BCUT2D eigenvalue weighted by Gasteiger charge is 2.43. The molecule has 114 valence electrons. The van der Waals surface area contributed by atoms with Gasteiger partial charge >= 0.3 is 0 Å². The van der Waals surface area contributed by atoms with Crippen LogP contribution in [-0.2, 0) is 12.1 Å². The predicted octanol–water partition coefficient (Wildman–Crippen LogP) is 2.81. The molecule has 5 rings (SSSR count). The van der Waals surface area contributed by atoms with Crippen molar-refractivity contribution in [2.75, 3.05) is 5.32 Å². The fraction of sp³-hybridized carbons (Fsp3) is 0.222. The Kier molecular flexibility index (Phi) is 2.40. The van der Waals surface area contributed by atoms with E-state index >= 15 is 0 Å². The second-order valence-corrected chi connectivity index (χ2v) is 6.21. The van der Waals surface area contributed by atoms with E-state index in [1.807, 2.05) is 18.2 Å². The van der Waals surface area contributed by atoms with Crippen LogP contribution in [0.2, 0.25) is 0 Å². The Balaban J connectivity index is 1.90. The zero-order valence-electron chi connectivity index (χ0n) is 12.7. The molecule has 0 fully saturated rings. The number of hydrogen-bond acceptors (Lipinski definition) is 4. The van der Waals surface area contributed by atoms with E-state index in [1.54, 1.807) is 0 Å². The van der Waals surface area contributed by atoms with E-state index in [4.69, 9.17) is 15.7 Å². The monoisotopic (exact) mass is 303 g/mol. The van der Waals surface area contributed by atoms with E-state index in [-0.39, 0.29) is 0 Å². The Bertz CT molecular complexity index is 955. The number of anilines is 1. The topological polar surface area (TPSA) is 68.2 Å². The number of guanidine groups is 1. The number of nitrogens with one attached hydrogen (secondary N) is 1. The highest BCUT2D eigenvalue weighted by atomic mass is 15.4. The predicted molar refractivity (Wildman–Crippen MR) is 91.4 cm³/mol. The van der Waals surface area contributed by atoms with Gasteiger partial charge in [-0.1, -0.05) is 36.4 Å². The Hall–Kier alpha value is -2.82. The average Bonchev–Trinajstić information content (AvgIpc) is 2.94. The zero-order chi connectivity index (χ0) is 15.4. The Labute approximate surface area is 133 Å². The van der Waals surface area contributed by atoms with Gasteiger partial charge in [-0.3, -0.25) is 9.88 Å². The third-order valence-corrected chi connectivity index (χ3v) is 4.90. The number of aryl methyl sites for hydroxylation is 1. The summed E-state index contributed by atoms with van der Waals surface area (Å²) >= 11 is 0. The molecule has 0 saturated carbocycles. The lowest BCUT2D eigenvalue weighted by atomic mass is 9.82. The molecular weight excluding hydrogens is 286 g/mol. The van der Waals surface area contributed by atoms with Crippen molar-refractivity contribution >= 4 is 22.9 Å². The van der Waals surface area contributed by atoms with Gasteiger partial charge in [-0.05, 0) is 37.0 Å². The first-order chi connectivity index (χ1) is 11.3. The molecule has 5 nitrogen and oxygen atoms in total. The summed E-state index contributed by atoms with van der Waals surface area (Å²) in [5.74, 6) is 1.21. The van der Waals surface area contributed by atoms with Crippen LogP contribution in [0.5, 0.6) is 0 Å². The number of aliphatic imine (C=N–C) groups is 1. The van der Waals surface area contributed by atoms with Crippen molar-refractivity contribution in [1.82, 2.24) is 9.55 Å². The standard InChI is InChI=1S/C18H17N5/c19-16-21-17-20-14-9-3-4-10-15(14)23(17)18(22-16)11-5-7-12-6-1-2-8-13(12)18/h1-4,6,8-10H,5,7,11H2,(H3,19,20,21,22). The highest BCUT2D eigenvalue weighted by Crippen LogP contribution is 2.45. The van der Waals surface area contributed by atoms with Crippen molar-refractivity contribution < 1.29 is 0 Å². The van der Waals surface area contributed by atoms with E-state index in [1.165, 1.54) is 11.1 Å².